The van der Waals surface area contributed by atoms with Gasteiger partial charge in [0.2, 0.25) is 0 Å². The molecular formula is C40H47N3O8S. The van der Waals surface area contributed by atoms with Crippen molar-refractivity contribution in [3.05, 3.63) is 93.8 Å². The maximum atomic E-state index is 15.0. The van der Waals surface area contributed by atoms with Crippen molar-refractivity contribution in [1.82, 2.24) is 13.9 Å². The molecule has 2 aliphatic heterocycles. The van der Waals surface area contributed by atoms with Gasteiger partial charge in [0.1, 0.15) is 12.2 Å². The van der Waals surface area contributed by atoms with Gasteiger partial charge in [0.25, 0.3) is 0 Å². The molecule has 0 amide bonds. The molecule has 0 N–H and O–H groups in total. The molecular weight excluding hydrogens is 683 g/mol. The fraction of sp³-hybridized carbons (Fsp3) is 0.550. The van der Waals surface area contributed by atoms with Crippen LogP contribution in [0.1, 0.15) is 73.1 Å². The summed E-state index contributed by atoms with van der Waals surface area (Å²) in [7, 11) is -3.55. The second-order valence-electron chi connectivity index (χ2n) is 16.5. The van der Waals surface area contributed by atoms with Gasteiger partial charge in [-0.2, -0.15) is 0 Å². The summed E-state index contributed by atoms with van der Waals surface area (Å²) in [6.07, 6.45) is 6.27. The van der Waals surface area contributed by atoms with Crippen molar-refractivity contribution >= 4 is 21.8 Å². The number of benzene rings is 2. The number of rotatable bonds is 7. The Labute approximate surface area is 303 Å². The summed E-state index contributed by atoms with van der Waals surface area (Å²) in [5, 5.41) is 0. The number of ether oxygens (including phenoxy) is 2. The minimum Gasteiger partial charge on any atom is -0.462 e. The Balaban J connectivity index is 1.33. The quantitative estimate of drug-likeness (QED) is 0.245. The van der Waals surface area contributed by atoms with Crippen molar-refractivity contribution in [3.63, 3.8) is 0 Å². The number of hydrogen-bond donors (Lipinski definition) is 0. The van der Waals surface area contributed by atoms with Gasteiger partial charge >= 0.3 is 23.3 Å². The van der Waals surface area contributed by atoms with E-state index in [2.05, 4.69) is 19.9 Å². The molecule has 9 rings (SSSR count). The average molecular weight is 730 g/mol. The molecule has 2 bridgehead atoms. The van der Waals surface area contributed by atoms with Gasteiger partial charge < -0.3 is 9.47 Å². The number of nitrogens with zero attached hydrogens (tertiary/aromatic N) is 3. The molecule has 276 valence electrons. The molecule has 3 aromatic rings. The highest BCUT2D eigenvalue weighted by Gasteiger charge is 2.78. The summed E-state index contributed by atoms with van der Waals surface area (Å²) in [4.78, 5) is 55.5. The summed E-state index contributed by atoms with van der Waals surface area (Å²) in [5.74, 6) is -1.41. The van der Waals surface area contributed by atoms with Gasteiger partial charge in [-0.05, 0) is 79.0 Å². The molecule has 1 aromatic heterocycles. The Kier molecular flexibility index (Phi) is 7.82. The molecule has 12 heteroatoms. The van der Waals surface area contributed by atoms with Crippen LogP contribution >= 0.6 is 0 Å². The maximum absolute atomic E-state index is 15.0. The predicted octanol–water partition coefficient (Wildman–Crippen LogP) is 4.99. The molecule has 0 unspecified atom stereocenters. The number of fused-ring (bicyclic) bond motifs is 1. The Morgan fingerprint density at radius 1 is 0.846 bits per heavy atom. The number of allylic oxidation sites excluding steroid dienone is 2. The Bertz CT molecular complexity index is 2210. The van der Waals surface area contributed by atoms with Gasteiger partial charge in [-0.25, -0.2) is 31.9 Å². The van der Waals surface area contributed by atoms with Crippen LogP contribution in [0, 0.1) is 34.5 Å². The number of carbonyl (C=O) groups excluding carboxylic acids is 2. The molecule has 2 spiro atoms. The number of sulfone groups is 1. The van der Waals surface area contributed by atoms with Crippen molar-refractivity contribution in [2.24, 2.45) is 34.5 Å². The maximum Gasteiger partial charge on any atom is 0.352 e. The molecule has 3 saturated carbocycles. The van der Waals surface area contributed by atoms with E-state index in [1.165, 1.54) is 18.4 Å². The molecule has 10 atom stereocenters. The zero-order valence-electron chi connectivity index (χ0n) is 30.4. The highest BCUT2D eigenvalue weighted by molar-refractivity contribution is 7.91. The number of esters is 2. The molecule has 2 aromatic carbocycles. The van der Waals surface area contributed by atoms with Gasteiger partial charge in [-0.3, -0.25) is 9.59 Å². The zero-order chi connectivity index (χ0) is 37.0. The summed E-state index contributed by atoms with van der Waals surface area (Å²) in [5.41, 5.74) is -3.86. The fourth-order valence-electron chi connectivity index (χ4n) is 12.3. The second kappa shape index (κ2) is 11.7. The first-order chi connectivity index (χ1) is 24.6. The lowest BCUT2D eigenvalue weighted by atomic mass is 9.40. The predicted molar refractivity (Wildman–Crippen MR) is 193 cm³/mol. The molecule has 52 heavy (non-hydrogen) atoms. The van der Waals surface area contributed by atoms with Crippen LogP contribution in [0.25, 0.3) is 5.69 Å². The lowest BCUT2D eigenvalue weighted by molar-refractivity contribution is -0.247. The highest BCUT2D eigenvalue weighted by atomic mass is 32.2. The molecule has 3 fully saturated rings. The van der Waals surface area contributed by atoms with E-state index < -0.39 is 61.9 Å². The van der Waals surface area contributed by atoms with E-state index in [0.717, 1.165) is 19.3 Å². The largest absolute Gasteiger partial charge is 0.462 e. The van der Waals surface area contributed by atoms with E-state index in [1.807, 2.05) is 19.1 Å². The zero-order valence-corrected chi connectivity index (χ0v) is 31.2. The van der Waals surface area contributed by atoms with Crippen molar-refractivity contribution in [2.45, 2.75) is 101 Å². The van der Waals surface area contributed by atoms with Gasteiger partial charge in [0.15, 0.2) is 9.84 Å². The third kappa shape index (κ3) is 4.51. The van der Waals surface area contributed by atoms with Gasteiger partial charge in [-0.1, -0.05) is 69.3 Å². The SMILES string of the molecule is CC(=O)O[C@H]1C[C@H](OC(C)=O)[C@]2(C)[C@H]3CC[C@]4(C)[C@@H]([C@H](C)CS(=O)(=O)c5ccccc5)CC[C@H]4[C@@]34C=C[C@]2(C1)n1c(=O)n(-c2ccccc2)c(=O)n14. The lowest BCUT2D eigenvalue weighted by Crippen LogP contribution is -2.79. The molecule has 11 nitrogen and oxygen atoms in total. The summed E-state index contributed by atoms with van der Waals surface area (Å²) < 4.78 is 43.9. The van der Waals surface area contributed by atoms with Crippen LogP contribution in [-0.2, 0) is 40.0 Å². The van der Waals surface area contributed by atoms with Crippen LogP contribution in [-0.4, -0.2) is 52.2 Å². The molecule has 4 aliphatic carbocycles. The number of hydrogen-bond acceptors (Lipinski definition) is 8. The first-order valence-corrected chi connectivity index (χ1v) is 20.1. The first kappa shape index (κ1) is 34.9. The minimum absolute atomic E-state index is 0.0121. The van der Waals surface area contributed by atoms with Crippen LogP contribution in [0.15, 0.2) is 87.3 Å². The monoisotopic (exact) mass is 729 g/mol. The van der Waals surface area contributed by atoms with Crippen LogP contribution in [0.2, 0.25) is 0 Å². The van der Waals surface area contributed by atoms with Crippen LogP contribution in [0.3, 0.4) is 0 Å². The Morgan fingerprint density at radius 2 is 1.48 bits per heavy atom. The van der Waals surface area contributed by atoms with E-state index in [9.17, 15) is 22.8 Å². The number of para-hydroxylation sites is 1. The van der Waals surface area contributed by atoms with Crippen molar-refractivity contribution < 1.29 is 27.5 Å². The highest BCUT2D eigenvalue weighted by Crippen LogP contribution is 2.74. The van der Waals surface area contributed by atoms with Crippen LogP contribution in [0.4, 0.5) is 0 Å². The van der Waals surface area contributed by atoms with Crippen LogP contribution < -0.4 is 11.4 Å². The normalized spacial score (nSPS) is 36.2. The van der Waals surface area contributed by atoms with E-state index in [1.54, 1.807) is 64.0 Å². The summed E-state index contributed by atoms with van der Waals surface area (Å²) in [6.45, 7) is 9.09. The van der Waals surface area contributed by atoms with Gasteiger partial charge in [0, 0.05) is 32.1 Å². The van der Waals surface area contributed by atoms with Gasteiger partial charge in [-0.15, -0.1) is 0 Å². The number of carbonyl (C=O) groups is 2. The fourth-order valence-corrected chi connectivity index (χ4v) is 14.0. The molecule has 6 aliphatic rings. The summed E-state index contributed by atoms with van der Waals surface area (Å²) in [6, 6.07) is 17.5. The van der Waals surface area contributed by atoms with Crippen molar-refractivity contribution in [2.75, 3.05) is 5.75 Å². The van der Waals surface area contributed by atoms with Crippen molar-refractivity contribution in [1.29, 1.82) is 0 Å². The molecule has 0 saturated heterocycles. The standard InChI is InChI=1S/C40H47N3O8S/c1-25(24-52(48,49)30-14-10-7-11-15-30)31-16-17-32-37(31,4)19-18-33-38(5)34(51-27(3)45)22-29(50-26(2)44)23-39(38)20-21-40(32,33)43-36(47)41(35(46)42(39)43)28-12-8-6-9-13-28/h6-15,20-21,25,29,31-34H,16-19,22-24H2,1-5H3/t25-,29+,31-,32-,33-,34+,37-,38+,39-,40+/m1/s1. The topological polar surface area (TPSA) is 136 Å². The van der Waals surface area contributed by atoms with E-state index in [-0.39, 0.29) is 47.7 Å². The van der Waals surface area contributed by atoms with E-state index in [4.69, 9.17) is 9.47 Å². The van der Waals surface area contributed by atoms with Crippen LogP contribution in [0.5, 0.6) is 0 Å². The molecule has 0 radical (unpaired) electrons. The third-order valence-electron chi connectivity index (χ3n) is 14.1. The Morgan fingerprint density at radius 3 is 2.13 bits per heavy atom. The summed E-state index contributed by atoms with van der Waals surface area (Å²) >= 11 is 0. The minimum atomic E-state index is -3.55. The first-order valence-electron chi connectivity index (χ1n) is 18.5. The van der Waals surface area contributed by atoms with E-state index in [0.29, 0.717) is 17.0 Å². The third-order valence-corrected chi connectivity index (χ3v) is 16.0. The number of aromatic nitrogens is 3. The lowest BCUT2D eigenvalue weighted by Gasteiger charge is -2.72. The average Bonchev–Trinajstić information content (AvgIpc) is 3.60. The van der Waals surface area contributed by atoms with E-state index >= 15 is 4.79 Å². The Hall–Kier alpha value is -4.19. The smallest absolute Gasteiger partial charge is 0.352 e. The van der Waals surface area contributed by atoms with Gasteiger partial charge in [0.05, 0.1) is 27.4 Å². The second-order valence-corrected chi connectivity index (χ2v) is 18.5. The van der Waals surface area contributed by atoms with Crippen molar-refractivity contribution in [3.8, 4) is 5.69 Å². The molecule has 3 heterocycles.